The summed E-state index contributed by atoms with van der Waals surface area (Å²) in [5, 5.41) is 10.8. The first kappa shape index (κ1) is 18.1. The second-order valence-corrected chi connectivity index (χ2v) is 4.92. The molecule has 2 aromatic carbocycles. The molecule has 4 nitrogen and oxygen atoms in total. The highest BCUT2D eigenvalue weighted by Gasteiger charge is 2.30. The van der Waals surface area contributed by atoms with E-state index in [-0.39, 0.29) is 12.3 Å². The van der Waals surface area contributed by atoms with Gasteiger partial charge in [-0.25, -0.2) is 0 Å². The largest absolute Gasteiger partial charge is 0.479 e. The summed E-state index contributed by atoms with van der Waals surface area (Å²) in [6, 6.07) is 12.9. The summed E-state index contributed by atoms with van der Waals surface area (Å²) in [6.07, 6.45) is -1.74. The third kappa shape index (κ3) is 5.70. The van der Waals surface area contributed by atoms with E-state index in [2.05, 4.69) is 5.32 Å². The molecule has 0 bridgehead atoms. The summed E-state index contributed by atoms with van der Waals surface area (Å²) in [5.74, 6) is -0.0313. The van der Waals surface area contributed by atoms with Crippen LogP contribution in [-0.2, 0) is 11.0 Å². The number of nitriles is 1. The molecule has 7 heteroatoms. The molecule has 0 radical (unpaired) electrons. The van der Waals surface area contributed by atoms with Gasteiger partial charge in [0.25, 0.3) is 0 Å². The molecule has 0 heterocycles. The van der Waals surface area contributed by atoms with E-state index in [9.17, 15) is 18.0 Å². The second-order valence-electron chi connectivity index (χ2n) is 4.92. The summed E-state index contributed by atoms with van der Waals surface area (Å²) in [5.41, 5.74) is -0.0736. The number of hydrogen-bond acceptors (Lipinski definition) is 3. The summed E-state index contributed by atoms with van der Waals surface area (Å²) in [4.78, 5) is 11.8. The number of anilines is 1. The molecule has 0 fully saturated rings. The average Bonchev–Trinajstić information content (AvgIpc) is 2.58. The highest BCUT2D eigenvalue weighted by atomic mass is 19.4. The van der Waals surface area contributed by atoms with Gasteiger partial charge in [0.2, 0.25) is 5.91 Å². The fourth-order valence-corrected chi connectivity index (χ4v) is 1.92. The number of alkyl halides is 3. The van der Waals surface area contributed by atoms with Crippen molar-refractivity contribution in [3.05, 3.63) is 65.7 Å². The summed E-state index contributed by atoms with van der Waals surface area (Å²) in [7, 11) is 0. The number of halogens is 3. The van der Waals surface area contributed by atoms with Gasteiger partial charge in [-0.05, 0) is 42.0 Å². The molecular weight excluding hydrogens is 333 g/mol. The molecule has 0 spiro atoms. The molecule has 0 aliphatic rings. The van der Waals surface area contributed by atoms with Crippen molar-refractivity contribution in [3.63, 3.8) is 0 Å². The van der Waals surface area contributed by atoms with Crippen LogP contribution in [0.5, 0.6) is 5.75 Å². The number of carbonyl (C=O) groups excluding carboxylic acids is 1. The van der Waals surface area contributed by atoms with E-state index >= 15 is 0 Å². The number of rotatable bonds is 5. The third-order valence-corrected chi connectivity index (χ3v) is 3.07. The van der Waals surface area contributed by atoms with Gasteiger partial charge in [-0.15, -0.1) is 0 Å². The van der Waals surface area contributed by atoms with E-state index in [0.29, 0.717) is 11.3 Å². The van der Waals surface area contributed by atoms with Gasteiger partial charge in [0.05, 0.1) is 5.56 Å². The predicted molar refractivity (Wildman–Crippen MR) is 86.7 cm³/mol. The van der Waals surface area contributed by atoms with Gasteiger partial charge in [-0.3, -0.25) is 4.79 Å². The maximum absolute atomic E-state index is 12.6. The van der Waals surface area contributed by atoms with Crippen LogP contribution in [0, 0.1) is 11.3 Å². The lowest BCUT2D eigenvalue weighted by Gasteiger charge is -2.08. The fourth-order valence-electron chi connectivity index (χ4n) is 1.92. The minimum atomic E-state index is -4.47. The Hall–Kier alpha value is -3.27. The molecule has 1 amide bonds. The van der Waals surface area contributed by atoms with Crippen molar-refractivity contribution in [2.24, 2.45) is 0 Å². The van der Waals surface area contributed by atoms with E-state index in [1.54, 1.807) is 24.3 Å². The highest BCUT2D eigenvalue weighted by molar-refractivity contribution is 6.01. The van der Waals surface area contributed by atoms with Crippen LogP contribution in [0.4, 0.5) is 18.9 Å². The van der Waals surface area contributed by atoms with Crippen molar-refractivity contribution in [3.8, 4) is 11.8 Å². The molecule has 1 N–H and O–H groups in total. The zero-order valence-electron chi connectivity index (χ0n) is 12.9. The van der Waals surface area contributed by atoms with Gasteiger partial charge in [0.15, 0.2) is 6.61 Å². The first-order chi connectivity index (χ1) is 11.9. The Kier molecular flexibility index (Phi) is 5.79. The summed E-state index contributed by atoms with van der Waals surface area (Å²) < 4.78 is 43.0. The number of nitrogens with one attached hydrogen (secondary N) is 1. The van der Waals surface area contributed by atoms with Crippen molar-refractivity contribution in [2.45, 2.75) is 6.18 Å². The standard InChI is InChI=1S/C18H13F3N2O2/c19-18(20,21)14-2-1-3-15(12-14)23-17(24)9-6-13-4-7-16(8-5-13)25-11-10-22/h1-9,12H,11H2,(H,23,24)/b9-6+. The van der Waals surface area contributed by atoms with Gasteiger partial charge in [-0.1, -0.05) is 18.2 Å². The van der Waals surface area contributed by atoms with Crippen molar-refractivity contribution < 1.29 is 22.7 Å². The van der Waals surface area contributed by atoms with E-state index in [0.717, 1.165) is 12.1 Å². The lowest BCUT2D eigenvalue weighted by Crippen LogP contribution is -2.10. The molecule has 2 rings (SSSR count). The molecule has 0 saturated heterocycles. The van der Waals surface area contributed by atoms with Gasteiger partial charge in [0.1, 0.15) is 11.8 Å². The Morgan fingerprint density at radius 1 is 1.20 bits per heavy atom. The van der Waals surface area contributed by atoms with Crippen LogP contribution in [0.2, 0.25) is 0 Å². The van der Waals surface area contributed by atoms with Crippen LogP contribution in [-0.4, -0.2) is 12.5 Å². The van der Waals surface area contributed by atoms with Crippen LogP contribution in [0.1, 0.15) is 11.1 Å². The first-order valence-corrected chi connectivity index (χ1v) is 7.14. The molecule has 128 valence electrons. The van der Waals surface area contributed by atoms with Gasteiger partial charge < -0.3 is 10.1 Å². The zero-order chi connectivity index (χ0) is 18.3. The van der Waals surface area contributed by atoms with Crippen LogP contribution in [0.25, 0.3) is 6.08 Å². The molecule has 0 aliphatic heterocycles. The quantitative estimate of drug-likeness (QED) is 0.823. The maximum Gasteiger partial charge on any atom is 0.416 e. The highest BCUT2D eigenvalue weighted by Crippen LogP contribution is 2.30. The van der Waals surface area contributed by atoms with Crippen molar-refractivity contribution in [2.75, 3.05) is 11.9 Å². The molecule has 0 aromatic heterocycles. The number of nitrogens with zero attached hydrogens (tertiary/aromatic N) is 1. The number of benzene rings is 2. The Morgan fingerprint density at radius 3 is 2.56 bits per heavy atom. The Morgan fingerprint density at radius 2 is 1.92 bits per heavy atom. The molecule has 2 aromatic rings. The topological polar surface area (TPSA) is 62.1 Å². The fraction of sp³-hybridized carbons (Fsp3) is 0.111. The number of ether oxygens (including phenoxy) is 1. The Balaban J connectivity index is 1.98. The van der Waals surface area contributed by atoms with Gasteiger partial charge >= 0.3 is 6.18 Å². The molecule has 0 saturated carbocycles. The Labute approximate surface area is 142 Å². The van der Waals surface area contributed by atoms with E-state index in [1.165, 1.54) is 24.3 Å². The SMILES string of the molecule is N#CCOc1ccc(/C=C/C(=O)Nc2cccc(C(F)(F)F)c2)cc1. The maximum atomic E-state index is 12.6. The van der Waals surface area contributed by atoms with Crippen LogP contribution in [0.15, 0.2) is 54.6 Å². The first-order valence-electron chi connectivity index (χ1n) is 7.14. The molecule has 0 atom stereocenters. The number of hydrogen-bond donors (Lipinski definition) is 1. The molecule has 25 heavy (non-hydrogen) atoms. The normalized spacial score (nSPS) is 11.1. The van der Waals surface area contributed by atoms with Crippen LogP contribution >= 0.6 is 0 Å². The van der Waals surface area contributed by atoms with Gasteiger partial charge in [-0.2, -0.15) is 18.4 Å². The number of carbonyl (C=O) groups is 1. The van der Waals surface area contributed by atoms with Crippen molar-refractivity contribution in [1.29, 1.82) is 5.26 Å². The number of amides is 1. The molecule has 0 aliphatic carbocycles. The van der Waals surface area contributed by atoms with Crippen LogP contribution in [0.3, 0.4) is 0 Å². The summed E-state index contributed by atoms with van der Waals surface area (Å²) in [6.45, 7) is -0.0609. The summed E-state index contributed by atoms with van der Waals surface area (Å²) >= 11 is 0. The lowest BCUT2D eigenvalue weighted by molar-refractivity contribution is -0.137. The zero-order valence-corrected chi connectivity index (χ0v) is 12.9. The lowest BCUT2D eigenvalue weighted by atomic mass is 10.2. The average molecular weight is 346 g/mol. The minimum absolute atomic E-state index is 0.0599. The van der Waals surface area contributed by atoms with Crippen molar-refractivity contribution >= 4 is 17.7 Å². The predicted octanol–water partition coefficient (Wildman–Crippen LogP) is 4.26. The van der Waals surface area contributed by atoms with Crippen LogP contribution < -0.4 is 10.1 Å². The van der Waals surface area contributed by atoms with E-state index in [4.69, 9.17) is 10.00 Å². The van der Waals surface area contributed by atoms with E-state index < -0.39 is 17.6 Å². The minimum Gasteiger partial charge on any atom is -0.479 e. The smallest absolute Gasteiger partial charge is 0.416 e. The third-order valence-electron chi connectivity index (χ3n) is 3.07. The second kappa shape index (κ2) is 8.02. The van der Waals surface area contributed by atoms with Crippen molar-refractivity contribution in [1.82, 2.24) is 0 Å². The monoisotopic (exact) mass is 346 g/mol. The molecule has 0 unspecified atom stereocenters. The van der Waals surface area contributed by atoms with E-state index in [1.807, 2.05) is 6.07 Å². The molecular formula is C18H13F3N2O2. The van der Waals surface area contributed by atoms with Gasteiger partial charge in [0, 0.05) is 11.8 Å². The Bertz CT molecular complexity index is 806.